The molecule has 0 radical (unpaired) electrons. The van der Waals surface area contributed by atoms with E-state index in [9.17, 15) is 27.7 Å². The maximum absolute atomic E-state index is 14.4. The van der Waals surface area contributed by atoms with Crippen LogP contribution in [-0.2, 0) is 22.9 Å². The SMILES string of the molecule is CC1(C)CCC(CN2CCN(c3ccc(C(=O)NS(=O)(=O)c4cc5c(c([N+](=O)[O-])c4)C[C@@H](Cc4ccccc4F)CO5)c(Oc4cnc5[nH]ccc5c4)c3)CC2)=C(c2ccc(Cl)cc2)C1. The summed E-state index contributed by atoms with van der Waals surface area (Å²) in [5, 5.41) is 13.8. The molecule has 1 amide bonds. The second-order valence-corrected chi connectivity index (χ2v) is 20.0. The van der Waals surface area contributed by atoms with Crippen molar-refractivity contribution in [2.45, 2.75) is 50.8 Å². The minimum atomic E-state index is -4.69. The van der Waals surface area contributed by atoms with Gasteiger partial charge in [-0.25, -0.2) is 22.5 Å². The van der Waals surface area contributed by atoms with E-state index < -0.39 is 31.4 Å². The average Bonchev–Trinajstić information content (AvgIpc) is 3.76. The molecule has 65 heavy (non-hydrogen) atoms. The molecule has 13 nitrogen and oxygen atoms in total. The Kier molecular flexibility index (Phi) is 12.1. The summed E-state index contributed by atoms with van der Waals surface area (Å²) in [6.07, 6.45) is 6.85. The number of hydrogen-bond donors (Lipinski definition) is 2. The number of ether oxygens (including phenoxy) is 2. The molecule has 0 unspecified atom stereocenters. The topological polar surface area (TPSA) is 160 Å². The van der Waals surface area contributed by atoms with E-state index in [1.54, 1.807) is 42.6 Å². The van der Waals surface area contributed by atoms with Gasteiger partial charge in [-0.1, -0.05) is 61.4 Å². The molecule has 2 aromatic heterocycles. The summed E-state index contributed by atoms with van der Waals surface area (Å²) in [7, 11) is -4.69. The number of carbonyl (C=O) groups excluding carboxylic acids is 1. The Balaban J connectivity index is 0.945. The summed E-state index contributed by atoms with van der Waals surface area (Å²) in [5.74, 6) is -1.25. The van der Waals surface area contributed by atoms with Gasteiger partial charge in [0.1, 0.15) is 28.7 Å². The summed E-state index contributed by atoms with van der Waals surface area (Å²) in [6.45, 7) is 8.61. The van der Waals surface area contributed by atoms with Crippen LogP contribution in [-0.4, -0.2) is 73.4 Å². The maximum Gasteiger partial charge on any atom is 0.277 e. The van der Waals surface area contributed by atoms with Crippen LogP contribution in [0.25, 0.3) is 16.6 Å². The molecule has 1 atom stereocenters. The Hall–Kier alpha value is -6.29. The number of nitro groups is 1. The second kappa shape index (κ2) is 17.9. The van der Waals surface area contributed by atoms with Gasteiger partial charge in [-0.15, -0.1) is 0 Å². The number of nitrogens with one attached hydrogen (secondary N) is 2. The van der Waals surface area contributed by atoms with Crippen LogP contribution in [0.5, 0.6) is 17.2 Å². The first-order valence-electron chi connectivity index (χ1n) is 21.6. The van der Waals surface area contributed by atoms with Crippen LogP contribution >= 0.6 is 11.6 Å². The molecule has 0 bridgehead atoms. The van der Waals surface area contributed by atoms with Crippen molar-refractivity contribution in [3.63, 3.8) is 0 Å². The lowest BCUT2D eigenvalue weighted by Crippen LogP contribution is -2.47. The summed E-state index contributed by atoms with van der Waals surface area (Å²) in [6, 6.07) is 25.1. The Morgan fingerprint density at radius 3 is 2.60 bits per heavy atom. The number of nitro benzene ring substituents is 1. The summed E-state index contributed by atoms with van der Waals surface area (Å²) < 4.78 is 56.6. The number of piperazine rings is 1. The largest absolute Gasteiger partial charge is 0.493 e. The minimum Gasteiger partial charge on any atom is -0.493 e. The van der Waals surface area contributed by atoms with Gasteiger partial charge in [0.15, 0.2) is 0 Å². The molecule has 4 aromatic carbocycles. The van der Waals surface area contributed by atoms with E-state index >= 15 is 0 Å². The highest BCUT2D eigenvalue weighted by Gasteiger charge is 2.34. The lowest BCUT2D eigenvalue weighted by Gasteiger charge is -2.39. The molecular formula is C49H48ClFN6O7S. The van der Waals surface area contributed by atoms with E-state index in [4.69, 9.17) is 21.1 Å². The monoisotopic (exact) mass is 918 g/mol. The summed E-state index contributed by atoms with van der Waals surface area (Å²) in [4.78, 5) is 37.3. The number of allylic oxidation sites excluding steroid dienone is 1. The third-order valence-electron chi connectivity index (χ3n) is 12.7. The third kappa shape index (κ3) is 9.73. The van der Waals surface area contributed by atoms with E-state index in [0.29, 0.717) is 30.0 Å². The van der Waals surface area contributed by atoms with Crippen molar-refractivity contribution >= 4 is 55.5 Å². The van der Waals surface area contributed by atoms with Crippen LogP contribution in [0.2, 0.25) is 5.02 Å². The Morgan fingerprint density at radius 2 is 1.83 bits per heavy atom. The standard InChI is InChI=1S/C49H48ClFN6O7S/c1-49(2)15-13-35(42(27-49)32-7-9-36(50)10-8-32)29-55-17-19-56(20-18-55)37-11-12-40(46(24-37)64-38-23-34-14-16-52-47(34)53-28-38)48(58)54-65(61,62)39-25-44(57(59)60)41-22-31(30-63-45(41)26-39)21-33-5-3-4-6-43(33)51/h3-12,14,16,23-26,28,31H,13,15,17-22,27,29-30H2,1-2H3,(H,52,53)(H,54,58)/t31-/m1/s1. The van der Waals surface area contributed by atoms with Crippen LogP contribution in [0.1, 0.15) is 60.2 Å². The number of amides is 1. The van der Waals surface area contributed by atoms with E-state index in [1.807, 2.05) is 18.2 Å². The molecule has 336 valence electrons. The number of H-pyrrole nitrogens is 1. The number of aromatic amines is 1. The second-order valence-electron chi connectivity index (χ2n) is 17.8. The maximum atomic E-state index is 14.4. The lowest BCUT2D eigenvalue weighted by atomic mass is 9.72. The first-order valence-corrected chi connectivity index (χ1v) is 23.5. The Morgan fingerprint density at radius 1 is 1.05 bits per heavy atom. The van der Waals surface area contributed by atoms with E-state index in [0.717, 1.165) is 61.1 Å². The van der Waals surface area contributed by atoms with Gasteiger partial charge in [-0.2, -0.15) is 0 Å². The number of fused-ring (bicyclic) bond motifs is 2. The van der Waals surface area contributed by atoms with E-state index in [1.165, 1.54) is 41.1 Å². The van der Waals surface area contributed by atoms with Crippen LogP contribution in [0.4, 0.5) is 15.8 Å². The molecule has 16 heteroatoms. The van der Waals surface area contributed by atoms with Crippen LogP contribution in [0.3, 0.4) is 0 Å². The molecule has 1 aliphatic carbocycles. The molecule has 9 rings (SSSR count). The molecular weight excluding hydrogens is 871 g/mol. The number of halogens is 2. The van der Waals surface area contributed by atoms with Crippen molar-refractivity contribution in [2.75, 3.05) is 44.2 Å². The zero-order valence-corrected chi connectivity index (χ0v) is 37.6. The predicted octanol–water partition coefficient (Wildman–Crippen LogP) is 9.75. The number of nitrogens with zero attached hydrogens (tertiary/aromatic N) is 4. The van der Waals surface area contributed by atoms with Gasteiger partial charge < -0.3 is 19.4 Å². The first kappa shape index (κ1) is 43.9. The van der Waals surface area contributed by atoms with Gasteiger partial charge in [0.05, 0.1) is 33.7 Å². The predicted molar refractivity (Wildman–Crippen MR) is 248 cm³/mol. The average molecular weight is 919 g/mol. The number of aromatic nitrogens is 2. The van der Waals surface area contributed by atoms with Crippen molar-refractivity contribution in [2.24, 2.45) is 11.3 Å². The van der Waals surface area contributed by atoms with E-state index in [2.05, 4.69) is 50.5 Å². The highest BCUT2D eigenvalue weighted by Crippen LogP contribution is 2.44. The van der Waals surface area contributed by atoms with Crippen molar-refractivity contribution in [3.8, 4) is 17.2 Å². The molecule has 6 aromatic rings. The van der Waals surface area contributed by atoms with Crippen molar-refractivity contribution < 1.29 is 32.0 Å². The van der Waals surface area contributed by atoms with Crippen LogP contribution < -0.4 is 19.1 Å². The fourth-order valence-corrected chi connectivity index (χ4v) is 10.3. The van der Waals surface area contributed by atoms with Gasteiger partial charge in [-0.05, 0) is 96.7 Å². The zero-order valence-electron chi connectivity index (χ0n) is 36.0. The number of anilines is 1. The fraction of sp³-hybridized carbons (Fsp3) is 0.306. The third-order valence-corrected chi connectivity index (χ3v) is 14.2. The summed E-state index contributed by atoms with van der Waals surface area (Å²) in [5.41, 5.74) is 5.81. The highest BCUT2D eigenvalue weighted by molar-refractivity contribution is 7.90. The highest BCUT2D eigenvalue weighted by atomic mass is 35.5. The van der Waals surface area contributed by atoms with E-state index in [-0.39, 0.29) is 59.2 Å². The van der Waals surface area contributed by atoms with Crippen molar-refractivity contribution in [1.82, 2.24) is 19.6 Å². The number of benzene rings is 4. The number of pyridine rings is 1. The molecule has 0 saturated carbocycles. The Bertz CT molecular complexity index is 2950. The normalized spacial score (nSPS) is 17.7. The van der Waals surface area contributed by atoms with Crippen molar-refractivity contribution in [3.05, 3.63) is 152 Å². The molecule has 2 aliphatic heterocycles. The van der Waals surface area contributed by atoms with Crippen LogP contribution in [0.15, 0.2) is 114 Å². The quantitative estimate of drug-likeness (QED) is 0.0894. The smallest absolute Gasteiger partial charge is 0.277 e. The molecule has 2 N–H and O–H groups in total. The molecule has 4 heterocycles. The van der Waals surface area contributed by atoms with Gasteiger partial charge in [0.25, 0.3) is 21.6 Å². The zero-order chi connectivity index (χ0) is 45.5. The first-order chi connectivity index (χ1) is 31.2. The molecule has 0 spiro atoms. The van der Waals surface area contributed by atoms with Crippen molar-refractivity contribution in [1.29, 1.82) is 0 Å². The van der Waals surface area contributed by atoms with Crippen LogP contribution in [0, 0.1) is 27.3 Å². The number of hydrogen-bond acceptors (Lipinski definition) is 10. The lowest BCUT2D eigenvalue weighted by molar-refractivity contribution is -0.386. The van der Waals surface area contributed by atoms with Gasteiger partial charge >= 0.3 is 0 Å². The molecule has 1 saturated heterocycles. The number of carbonyl (C=O) groups is 1. The number of rotatable bonds is 12. The molecule has 3 aliphatic rings. The van der Waals surface area contributed by atoms with Gasteiger partial charge in [-0.3, -0.25) is 19.8 Å². The Labute approximate surface area is 381 Å². The van der Waals surface area contributed by atoms with Gasteiger partial charge in [0.2, 0.25) is 0 Å². The molecule has 1 fully saturated rings. The van der Waals surface area contributed by atoms with Gasteiger partial charge in [0, 0.05) is 79.1 Å². The summed E-state index contributed by atoms with van der Waals surface area (Å²) >= 11 is 6.24. The fourth-order valence-electron chi connectivity index (χ4n) is 9.14. The number of sulfonamides is 1. The minimum absolute atomic E-state index is 0.0133.